The van der Waals surface area contributed by atoms with Crippen LogP contribution in [0, 0.1) is 16.0 Å². The molecular formula is C20H18N2O7. The maximum Gasteiger partial charge on any atom is 0.311 e. The number of amides is 1. The lowest BCUT2D eigenvalue weighted by atomic mass is 10.1. The second-order valence-corrected chi connectivity index (χ2v) is 6.44. The van der Waals surface area contributed by atoms with Crippen molar-refractivity contribution >= 4 is 29.0 Å². The number of nitro groups is 1. The molecule has 1 saturated heterocycles. The number of non-ortho nitro benzene ring substituents is 1. The average molecular weight is 398 g/mol. The Bertz CT molecular complexity index is 956. The van der Waals surface area contributed by atoms with Crippen molar-refractivity contribution in [1.29, 1.82) is 0 Å². The van der Waals surface area contributed by atoms with Gasteiger partial charge in [0.2, 0.25) is 5.91 Å². The Hall–Kier alpha value is -3.75. The molecule has 3 rings (SSSR count). The van der Waals surface area contributed by atoms with Gasteiger partial charge >= 0.3 is 5.97 Å². The first-order valence-electron chi connectivity index (χ1n) is 8.77. The molecule has 0 radical (unpaired) electrons. The third kappa shape index (κ3) is 4.57. The van der Waals surface area contributed by atoms with E-state index in [-0.39, 0.29) is 30.1 Å². The first kappa shape index (κ1) is 20.0. The number of nitrogens with zero attached hydrogens (tertiary/aromatic N) is 2. The molecule has 9 nitrogen and oxygen atoms in total. The number of anilines is 1. The van der Waals surface area contributed by atoms with Crippen LogP contribution in [0.2, 0.25) is 0 Å². The number of Topliss-reactive ketones (excluding diaryl/α,β-unsaturated/α-hetero) is 1. The van der Waals surface area contributed by atoms with E-state index in [0.29, 0.717) is 11.4 Å². The van der Waals surface area contributed by atoms with Crippen LogP contribution in [-0.2, 0) is 14.3 Å². The number of carbonyl (C=O) groups excluding carboxylic acids is 3. The third-order valence-corrected chi connectivity index (χ3v) is 4.57. The van der Waals surface area contributed by atoms with Crippen LogP contribution in [0.15, 0.2) is 48.5 Å². The number of nitro benzene ring substituents is 1. The minimum atomic E-state index is -0.682. The summed E-state index contributed by atoms with van der Waals surface area (Å²) in [7, 11) is 1.52. The van der Waals surface area contributed by atoms with E-state index < -0.39 is 29.2 Å². The van der Waals surface area contributed by atoms with Crippen LogP contribution in [0.4, 0.5) is 11.4 Å². The van der Waals surface area contributed by atoms with E-state index in [0.717, 1.165) is 0 Å². The van der Waals surface area contributed by atoms with Crippen LogP contribution in [0.5, 0.6) is 5.75 Å². The minimum Gasteiger partial charge on any atom is -0.497 e. The predicted molar refractivity (Wildman–Crippen MR) is 102 cm³/mol. The van der Waals surface area contributed by atoms with Gasteiger partial charge in [-0.25, -0.2) is 0 Å². The second-order valence-electron chi connectivity index (χ2n) is 6.44. The van der Waals surface area contributed by atoms with Crippen LogP contribution in [0.25, 0.3) is 0 Å². The summed E-state index contributed by atoms with van der Waals surface area (Å²) in [6.45, 7) is -0.350. The molecule has 1 aliphatic rings. The lowest BCUT2D eigenvalue weighted by molar-refractivity contribution is -0.384. The van der Waals surface area contributed by atoms with E-state index in [1.807, 2.05) is 0 Å². The number of carbonyl (C=O) groups is 3. The van der Waals surface area contributed by atoms with Gasteiger partial charge in [-0.05, 0) is 24.3 Å². The summed E-state index contributed by atoms with van der Waals surface area (Å²) >= 11 is 0. The second kappa shape index (κ2) is 8.51. The predicted octanol–water partition coefficient (Wildman–Crippen LogP) is 2.38. The molecule has 0 unspecified atom stereocenters. The Balaban J connectivity index is 1.57. The van der Waals surface area contributed by atoms with Gasteiger partial charge in [0.15, 0.2) is 12.4 Å². The van der Waals surface area contributed by atoms with Gasteiger partial charge in [-0.15, -0.1) is 0 Å². The van der Waals surface area contributed by atoms with Crippen LogP contribution in [0.1, 0.15) is 16.8 Å². The van der Waals surface area contributed by atoms with E-state index >= 15 is 0 Å². The minimum absolute atomic E-state index is 0.0121. The Morgan fingerprint density at radius 1 is 1.21 bits per heavy atom. The quantitative estimate of drug-likeness (QED) is 0.304. The third-order valence-electron chi connectivity index (χ3n) is 4.57. The standard InChI is InChI=1S/C20H18N2O7/c1-28-17-4-2-3-16(10-17)21-11-14(9-19(21)24)20(25)29-12-18(23)13-5-7-15(8-6-13)22(26)27/h2-8,10,14H,9,11-12H2,1H3/t14-/m0/s1. The average Bonchev–Trinajstić information content (AvgIpc) is 3.13. The molecule has 1 atom stereocenters. The van der Waals surface area contributed by atoms with Gasteiger partial charge < -0.3 is 14.4 Å². The lowest BCUT2D eigenvalue weighted by Crippen LogP contribution is -2.27. The molecule has 1 fully saturated rings. The molecule has 9 heteroatoms. The zero-order valence-corrected chi connectivity index (χ0v) is 15.6. The number of rotatable bonds is 7. The Labute approximate surface area is 166 Å². The highest BCUT2D eigenvalue weighted by molar-refractivity contribution is 6.01. The number of esters is 1. The molecule has 0 aromatic heterocycles. The summed E-state index contributed by atoms with van der Waals surface area (Å²) in [4.78, 5) is 48.3. The Morgan fingerprint density at radius 2 is 1.93 bits per heavy atom. The van der Waals surface area contributed by atoms with Crippen molar-refractivity contribution in [2.75, 3.05) is 25.2 Å². The fourth-order valence-electron chi connectivity index (χ4n) is 3.00. The monoisotopic (exact) mass is 398 g/mol. The summed E-state index contributed by atoms with van der Waals surface area (Å²) in [6, 6.07) is 12.0. The summed E-state index contributed by atoms with van der Waals surface area (Å²) in [5.74, 6) is -1.43. The van der Waals surface area contributed by atoms with E-state index in [1.54, 1.807) is 24.3 Å². The van der Waals surface area contributed by atoms with Crippen LogP contribution in [-0.4, -0.2) is 42.8 Å². The first-order chi connectivity index (χ1) is 13.9. The summed E-state index contributed by atoms with van der Waals surface area (Å²) in [6.07, 6.45) is -0.0121. The number of methoxy groups -OCH3 is 1. The molecule has 1 amide bonds. The first-order valence-corrected chi connectivity index (χ1v) is 8.77. The van der Waals surface area contributed by atoms with Gasteiger partial charge in [0, 0.05) is 42.4 Å². The van der Waals surface area contributed by atoms with Crippen molar-refractivity contribution in [3.05, 3.63) is 64.2 Å². The van der Waals surface area contributed by atoms with Crippen LogP contribution in [0.3, 0.4) is 0 Å². The molecule has 1 heterocycles. The molecule has 0 spiro atoms. The molecular weight excluding hydrogens is 380 g/mol. The summed E-state index contributed by atoms with van der Waals surface area (Å²) in [5, 5.41) is 10.6. The smallest absolute Gasteiger partial charge is 0.311 e. The number of ketones is 1. The molecule has 2 aromatic carbocycles. The zero-order valence-electron chi connectivity index (χ0n) is 15.6. The van der Waals surface area contributed by atoms with E-state index in [1.165, 1.54) is 36.3 Å². The van der Waals surface area contributed by atoms with E-state index in [4.69, 9.17) is 9.47 Å². The van der Waals surface area contributed by atoms with Gasteiger partial charge in [0.05, 0.1) is 18.0 Å². The Morgan fingerprint density at radius 3 is 2.59 bits per heavy atom. The molecule has 0 bridgehead atoms. The van der Waals surface area contributed by atoms with Crippen molar-refractivity contribution in [3.8, 4) is 5.75 Å². The van der Waals surface area contributed by atoms with Crippen molar-refractivity contribution in [1.82, 2.24) is 0 Å². The number of ether oxygens (including phenoxy) is 2. The fraction of sp³-hybridized carbons (Fsp3) is 0.250. The van der Waals surface area contributed by atoms with Gasteiger partial charge in [-0.1, -0.05) is 6.07 Å². The summed E-state index contributed by atoms with van der Waals surface area (Å²) in [5.41, 5.74) is 0.677. The summed E-state index contributed by atoms with van der Waals surface area (Å²) < 4.78 is 10.2. The highest BCUT2D eigenvalue weighted by Gasteiger charge is 2.36. The highest BCUT2D eigenvalue weighted by Crippen LogP contribution is 2.28. The molecule has 2 aromatic rings. The lowest BCUT2D eigenvalue weighted by Gasteiger charge is -2.17. The van der Waals surface area contributed by atoms with E-state index in [2.05, 4.69) is 0 Å². The number of hydrogen-bond donors (Lipinski definition) is 0. The van der Waals surface area contributed by atoms with Gasteiger partial charge in [0.25, 0.3) is 5.69 Å². The van der Waals surface area contributed by atoms with Gasteiger partial charge in [-0.2, -0.15) is 0 Å². The number of benzene rings is 2. The van der Waals surface area contributed by atoms with Crippen LogP contribution >= 0.6 is 0 Å². The molecule has 0 aliphatic carbocycles. The van der Waals surface area contributed by atoms with Crippen molar-refractivity contribution in [2.45, 2.75) is 6.42 Å². The molecule has 150 valence electrons. The van der Waals surface area contributed by atoms with Crippen molar-refractivity contribution in [2.24, 2.45) is 5.92 Å². The van der Waals surface area contributed by atoms with Gasteiger partial charge in [-0.3, -0.25) is 24.5 Å². The van der Waals surface area contributed by atoms with Gasteiger partial charge in [0.1, 0.15) is 5.75 Å². The van der Waals surface area contributed by atoms with Crippen LogP contribution < -0.4 is 9.64 Å². The number of hydrogen-bond acceptors (Lipinski definition) is 7. The normalized spacial score (nSPS) is 15.8. The van der Waals surface area contributed by atoms with Crippen molar-refractivity contribution in [3.63, 3.8) is 0 Å². The SMILES string of the molecule is COc1cccc(N2C[C@@H](C(=O)OCC(=O)c3ccc([N+](=O)[O-])cc3)CC2=O)c1. The van der Waals surface area contributed by atoms with E-state index in [9.17, 15) is 24.5 Å². The fourth-order valence-corrected chi connectivity index (χ4v) is 3.00. The maximum atomic E-state index is 12.3. The topological polar surface area (TPSA) is 116 Å². The zero-order chi connectivity index (χ0) is 21.0. The molecule has 0 N–H and O–H groups in total. The maximum absolute atomic E-state index is 12.3. The molecule has 0 saturated carbocycles. The molecule has 29 heavy (non-hydrogen) atoms. The Kier molecular flexibility index (Phi) is 5.87. The largest absolute Gasteiger partial charge is 0.497 e. The molecule has 1 aliphatic heterocycles. The highest BCUT2D eigenvalue weighted by atomic mass is 16.6. The van der Waals surface area contributed by atoms with Crippen molar-refractivity contribution < 1.29 is 28.8 Å².